The molecule has 0 spiro atoms. The van der Waals surface area contributed by atoms with Crippen LogP contribution in [0.1, 0.15) is 26.3 Å². The van der Waals surface area contributed by atoms with Gasteiger partial charge in [0, 0.05) is 15.8 Å². The van der Waals surface area contributed by atoms with Crippen molar-refractivity contribution >= 4 is 44.7 Å². The predicted molar refractivity (Wildman–Crippen MR) is 141 cm³/mol. The van der Waals surface area contributed by atoms with Crippen molar-refractivity contribution in [2.24, 2.45) is 10.2 Å². The van der Waals surface area contributed by atoms with Gasteiger partial charge in [-0.25, -0.2) is 0 Å². The number of phenols is 1. The highest BCUT2D eigenvalue weighted by Crippen LogP contribution is 2.41. The lowest BCUT2D eigenvalue weighted by Crippen LogP contribution is -2.36. The van der Waals surface area contributed by atoms with Crippen molar-refractivity contribution in [1.29, 1.82) is 0 Å². The van der Waals surface area contributed by atoms with Crippen LogP contribution in [0.4, 0.5) is 10.5 Å². The molecule has 192 valence electrons. The molecule has 0 unspecified atom stereocenters. The fourth-order valence-corrected chi connectivity index (χ4v) is 5.36. The summed E-state index contributed by atoms with van der Waals surface area (Å²) < 4.78 is 15.5. The first-order valence-electron chi connectivity index (χ1n) is 11.2. The SMILES string of the molecule is Cc1cc(N=NC(=O)[N+](=[S-](=O)c2ccccc2O)C(C)(C)C)ccc1-n1c(O)c2ccc(Cl)cc2c1O. The highest BCUT2D eigenvalue weighted by atomic mass is 35.5. The Bertz CT molecular complexity index is 1660. The summed E-state index contributed by atoms with van der Waals surface area (Å²) in [6.07, 6.45) is 0. The molecule has 0 aliphatic rings. The van der Waals surface area contributed by atoms with E-state index in [1.54, 1.807) is 76.2 Å². The van der Waals surface area contributed by atoms with Gasteiger partial charge in [-0.1, -0.05) is 40.4 Å². The van der Waals surface area contributed by atoms with Gasteiger partial charge in [0.05, 0.1) is 11.2 Å². The van der Waals surface area contributed by atoms with Crippen LogP contribution in [0.15, 0.2) is 75.8 Å². The topological polar surface area (TPSA) is 127 Å². The minimum atomic E-state index is -2.03. The molecule has 11 heteroatoms. The summed E-state index contributed by atoms with van der Waals surface area (Å²) in [6, 6.07) is 14.8. The van der Waals surface area contributed by atoms with E-state index in [2.05, 4.69) is 10.2 Å². The zero-order chi connectivity index (χ0) is 27.1. The third-order valence-electron chi connectivity index (χ3n) is 5.56. The number of phenolic OH excluding ortho intramolecular Hbond substituents is 1. The Hall–Kier alpha value is -3.89. The molecule has 0 bridgehead atoms. The Morgan fingerprint density at radius 2 is 1.65 bits per heavy atom. The fourth-order valence-electron chi connectivity index (χ4n) is 3.87. The molecule has 0 saturated carbocycles. The van der Waals surface area contributed by atoms with E-state index in [0.717, 1.165) is 3.95 Å². The van der Waals surface area contributed by atoms with E-state index in [1.165, 1.54) is 16.7 Å². The number of hydrogen-bond acceptors (Lipinski definition) is 7. The molecule has 0 radical (unpaired) electrons. The average molecular weight is 541 g/mol. The molecule has 1 heterocycles. The van der Waals surface area contributed by atoms with E-state index < -0.39 is 22.2 Å². The first-order chi connectivity index (χ1) is 17.4. The Balaban J connectivity index is 1.70. The lowest BCUT2D eigenvalue weighted by molar-refractivity contribution is -0.482. The number of azo groups is 1. The molecule has 0 saturated heterocycles. The zero-order valence-corrected chi connectivity index (χ0v) is 22.1. The van der Waals surface area contributed by atoms with Gasteiger partial charge >= 0.3 is 6.03 Å². The first-order valence-corrected chi connectivity index (χ1v) is 12.7. The van der Waals surface area contributed by atoms with Crippen molar-refractivity contribution in [2.75, 3.05) is 0 Å². The Kier molecular flexibility index (Phi) is 6.98. The minimum Gasteiger partial charge on any atom is -0.509 e. The number of amides is 2. The van der Waals surface area contributed by atoms with Gasteiger partial charge in [0.15, 0.2) is 0 Å². The van der Waals surface area contributed by atoms with Gasteiger partial charge in [-0.05, 0) is 85.7 Å². The van der Waals surface area contributed by atoms with Crippen LogP contribution in [0.2, 0.25) is 5.02 Å². The second-order valence-electron chi connectivity index (χ2n) is 9.31. The Labute approximate surface area is 220 Å². The van der Waals surface area contributed by atoms with Gasteiger partial charge < -0.3 is 19.5 Å². The van der Waals surface area contributed by atoms with Crippen LogP contribution in [0.5, 0.6) is 17.5 Å². The number of nitrogens with zero attached hydrogens (tertiary/aromatic N) is 4. The van der Waals surface area contributed by atoms with E-state index in [0.29, 0.717) is 32.7 Å². The number of benzene rings is 3. The first kappa shape index (κ1) is 26.2. The molecule has 37 heavy (non-hydrogen) atoms. The normalized spacial score (nSPS) is 13.3. The number of aryl methyl sites for hydroxylation is 1. The molecule has 9 nitrogen and oxygen atoms in total. The highest BCUT2D eigenvalue weighted by Gasteiger charge is 2.27. The van der Waals surface area contributed by atoms with Gasteiger partial charge in [0.1, 0.15) is 16.6 Å². The molecule has 0 aliphatic carbocycles. The molecule has 3 N–H and O–H groups in total. The number of fused-ring (bicyclic) bond motifs is 1. The molecule has 0 atom stereocenters. The molecule has 0 aliphatic heterocycles. The number of carbonyl (C=O) groups is 1. The summed E-state index contributed by atoms with van der Waals surface area (Å²) in [6.45, 7) is 6.85. The van der Waals surface area contributed by atoms with Crippen LogP contribution in [-0.4, -0.2) is 35.4 Å². The molecule has 3 aromatic carbocycles. The van der Waals surface area contributed by atoms with Gasteiger partial charge in [-0.3, -0.25) is 8.51 Å². The number of rotatable bonds is 3. The predicted octanol–water partition coefficient (Wildman–Crippen LogP) is 6.93. The maximum Gasteiger partial charge on any atom is 0.543 e. The molecule has 2 amide bonds. The summed E-state index contributed by atoms with van der Waals surface area (Å²) >= 11 is 6.04. The fraction of sp³-hybridized carbons (Fsp3) is 0.192. The van der Waals surface area contributed by atoms with Crippen molar-refractivity contribution in [2.45, 2.75) is 38.1 Å². The number of aromatic hydroxyl groups is 3. The number of urea groups is 1. The van der Waals surface area contributed by atoms with Crippen molar-refractivity contribution in [1.82, 2.24) is 4.57 Å². The molecular formula is C26H25ClN4O5S. The number of carbonyl (C=O) groups excluding carboxylic acids is 1. The van der Waals surface area contributed by atoms with Crippen molar-refractivity contribution in [3.8, 4) is 23.2 Å². The number of para-hydroxylation sites is 1. The number of hydrogen-bond donors (Lipinski definition) is 3. The Morgan fingerprint density at radius 3 is 2.30 bits per heavy atom. The third kappa shape index (κ3) is 5.03. The lowest BCUT2D eigenvalue weighted by atomic mass is 10.1. The van der Waals surface area contributed by atoms with E-state index in [1.807, 2.05) is 0 Å². The molecular weight excluding hydrogens is 516 g/mol. The van der Waals surface area contributed by atoms with Gasteiger partial charge in [0.2, 0.25) is 11.8 Å². The molecule has 4 aromatic rings. The van der Waals surface area contributed by atoms with Crippen LogP contribution in [-0.2, 0) is 14.8 Å². The maximum absolute atomic E-state index is 13.2. The van der Waals surface area contributed by atoms with Crippen molar-refractivity contribution in [3.05, 3.63) is 71.2 Å². The van der Waals surface area contributed by atoms with E-state index >= 15 is 0 Å². The van der Waals surface area contributed by atoms with Crippen molar-refractivity contribution < 1.29 is 28.3 Å². The maximum atomic E-state index is 13.2. The smallest absolute Gasteiger partial charge is 0.509 e. The van der Waals surface area contributed by atoms with Crippen LogP contribution in [0.25, 0.3) is 16.5 Å². The monoisotopic (exact) mass is 540 g/mol. The second-order valence-corrected chi connectivity index (χ2v) is 11.0. The summed E-state index contributed by atoms with van der Waals surface area (Å²) in [5.74, 6) is -0.517. The largest absolute Gasteiger partial charge is 0.543 e. The van der Waals surface area contributed by atoms with Gasteiger partial charge in [-0.2, -0.15) is 4.79 Å². The third-order valence-corrected chi connectivity index (χ3v) is 7.55. The van der Waals surface area contributed by atoms with Crippen LogP contribution in [0.3, 0.4) is 0 Å². The molecule has 4 rings (SSSR count). The molecule has 1 aromatic heterocycles. The molecule has 0 fully saturated rings. The number of halogens is 1. The quantitative estimate of drug-likeness (QED) is 0.147. The van der Waals surface area contributed by atoms with Crippen LogP contribution < -0.4 is 0 Å². The van der Waals surface area contributed by atoms with E-state index in [9.17, 15) is 24.3 Å². The standard InChI is InChI=1S/C26H25ClN4O5S/c1-15-13-17(10-12-20(15)30-23(33)18-11-9-16(27)14-19(18)24(30)34)28-29-25(35)31(26(2,3)4)37(36)22-8-6-5-7-21(22)32/h5-14,32-34H,1-4H3. The van der Waals surface area contributed by atoms with Crippen LogP contribution in [0, 0.1) is 6.92 Å². The van der Waals surface area contributed by atoms with Gasteiger partial charge in [-0.15, -0.1) is 0 Å². The second kappa shape index (κ2) is 9.87. The zero-order valence-electron chi connectivity index (χ0n) is 20.5. The summed E-state index contributed by atoms with van der Waals surface area (Å²) in [5, 5.41) is 40.6. The van der Waals surface area contributed by atoms with Crippen molar-refractivity contribution in [3.63, 3.8) is 0 Å². The summed E-state index contributed by atoms with van der Waals surface area (Å²) in [4.78, 5) is 13.1. The number of aromatic nitrogens is 1. The average Bonchev–Trinajstić information content (AvgIpc) is 3.06. The highest BCUT2D eigenvalue weighted by molar-refractivity contribution is 7.72. The summed E-state index contributed by atoms with van der Waals surface area (Å²) in [7, 11) is -2.03. The van der Waals surface area contributed by atoms with Crippen LogP contribution >= 0.6 is 11.6 Å². The lowest BCUT2D eigenvalue weighted by Gasteiger charge is -2.24. The van der Waals surface area contributed by atoms with E-state index in [4.69, 9.17) is 11.6 Å². The minimum absolute atomic E-state index is 0.0844. The van der Waals surface area contributed by atoms with Gasteiger partial charge in [0.25, 0.3) is 0 Å². The van der Waals surface area contributed by atoms with E-state index in [-0.39, 0.29) is 22.4 Å². The Morgan fingerprint density at radius 1 is 0.973 bits per heavy atom. The summed E-state index contributed by atoms with van der Waals surface area (Å²) in [5.41, 5.74) is 0.559.